The summed E-state index contributed by atoms with van der Waals surface area (Å²) in [6, 6.07) is 8.75. The molecule has 1 saturated heterocycles. The zero-order valence-corrected chi connectivity index (χ0v) is 14.4. The number of hydrogen-bond donors (Lipinski definition) is 2. The lowest BCUT2D eigenvalue weighted by molar-refractivity contribution is -0.133. The fraction of sp³-hybridized carbons (Fsp3) is 0.579. The van der Waals surface area contributed by atoms with Gasteiger partial charge in [-0.2, -0.15) is 0 Å². The largest absolute Gasteiger partial charge is 0.387 e. The summed E-state index contributed by atoms with van der Waals surface area (Å²) in [6.45, 7) is 4.42. The van der Waals surface area contributed by atoms with Crippen LogP contribution in [0.25, 0.3) is 0 Å². The number of urea groups is 1. The van der Waals surface area contributed by atoms with Gasteiger partial charge < -0.3 is 10.4 Å². The Morgan fingerprint density at radius 3 is 2.42 bits per heavy atom. The van der Waals surface area contributed by atoms with Crippen molar-refractivity contribution in [2.45, 2.75) is 51.2 Å². The number of hydrogen-bond acceptors (Lipinski definition) is 3. The molecule has 1 aromatic rings. The van der Waals surface area contributed by atoms with E-state index in [0.717, 1.165) is 12.8 Å². The summed E-state index contributed by atoms with van der Waals surface area (Å²) in [5.74, 6) is 1.04. The molecule has 0 radical (unpaired) electrons. The Balaban J connectivity index is 1.69. The van der Waals surface area contributed by atoms with Gasteiger partial charge in [0.05, 0.1) is 12.6 Å². The van der Waals surface area contributed by atoms with E-state index in [1.165, 1.54) is 4.90 Å². The van der Waals surface area contributed by atoms with Crippen LogP contribution in [0.3, 0.4) is 0 Å². The maximum absolute atomic E-state index is 12.9. The van der Waals surface area contributed by atoms with Crippen molar-refractivity contribution in [1.29, 1.82) is 0 Å². The normalized spacial score (nSPS) is 28.5. The maximum Gasteiger partial charge on any atom is 0.325 e. The van der Waals surface area contributed by atoms with Gasteiger partial charge in [0.25, 0.3) is 5.91 Å². The first-order valence-electron chi connectivity index (χ1n) is 8.80. The highest BCUT2D eigenvalue weighted by molar-refractivity contribution is 6.07. The molecule has 3 rings (SSSR count). The van der Waals surface area contributed by atoms with Gasteiger partial charge in [0.1, 0.15) is 5.54 Å². The Bertz CT molecular complexity index is 606. The predicted molar refractivity (Wildman–Crippen MR) is 91.2 cm³/mol. The zero-order chi connectivity index (χ0) is 17.3. The summed E-state index contributed by atoms with van der Waals surface area (Å²) in [4.78, 5) is 26.4. The lowest BCUT2D eigenvalue weighted by Crippen LogP contribution is -2.50. The Morgan fingerprint density at radius 2 is 1.83 bits per heavy atom. The molecule has 2 N–H and O–H groups in total. The van der Waals surface area contributed by atoms with Gasteiger partial charge in [-0.05, 0) is 43.1 Å². The average molecular weight is 330 g/mol. The Hall–Kier alpha value is -1.88. The van der Waals surface area contributed by atoms with Gasteiger partial charge in [0.2, 0.25) is 0 Å². The number of rotatable bonds is 4. The van der Waals surface area contributed by atoms with Crippen molar-refractivity contribution in [3.63, 3.8) is 0 Å². The molecule has 2 aliphatic rings. The molecular formula is C19H26N2O3. The minimum atomic E-state index is -0.858. The first-order valence-corrected chi connectivity index (χ1v) is 8.80. The fourth-order valence-electron chi connectivity index (χ4n) is 3.93. The molecule has 1 saturated carbocycles. The molecule has 1 aliphatic heterocycles. The number of β-amino-alcohol motifs (C(OH)–C–C–N with tert-alkyl or cyclic N) is 1. The van der Waals surface area contributed by atoms with E-state index in [4.69, 9.17) is 0 Å². The molecule has 0 bridgehead atoms. The van der Waals surface area contributed by atoms with Crippen molar-refractivity contribution in [2.75, 3.05) is 6.54 Å². The van der Waals surface area contributed by atoms with Crippen LogP contribution in [0.2, 0.25) is 0 Å². The lowest BCUT2D eigenvalue weighted by Gasteiger charge is -2.36. The Kier molecular flexibility index (Phi) is 4.63. The molecule has 5 nitrogen and oxygen atoms in total. The highest BCUT2D eigenvalue weighted by Gasteiger charge is 2.52. The number of benzene rings is 1. The minimum absolute atomic E-state index is 0.00401. The molecule has 1 spiro atoms. The van der Waals surface area contributed by atoms with Gasteiger partial charge in [-0.15, -0.1) is 0 Å². The predicted octanol–water partition coefficient (Wildman–Crippen LogP) is 2.86. The third-order valence-electron chi connectivity index (χ3n) is 5.61. The van der Waals surface area contributed by atoms with Crippen molar-refractivity contribution in [2.24, 2.45) is 11.8 Å². The summed E-state index contributed by atoms with van der Waals surface area (Å²) in [5, 5.41) is 13.3. The van der Waals surface area contributed by atoms with E-state index in [9.17, 15) is 14.7 Å². The van der Waals surface area contributed by atoms with E-state index >= 15 is 0 Å². The lowest BCUT2D eigenvalue weighted by atomic mass is 9.73. The number of amides is 3. The van der Waals surface area contributed by atoms with E-state index in [0.29, 0.717) is 30.2 Å². The second-order valence-corrected chi connectivity index (χ2v) is 7.44. The van der Waals surface area contributed by atoms with Crippen LogP contribution in [-0.2, 0) is 4.79 Å². The van der Waals surface area contributed by atoms with E-state index in [1.54, 1.807) is 12.1 Å². The van der Waals surface area contributed by atoms with Crippen molar-refractivity contribution < 1.29 is 14.7 Å². The molecule has 1 aliphatic carbocycles. The van der Waals surface area contributed by atoms with Crippen LogP contribution in [0.1, 0.15) is 51.2 Å². The molecule has 1 unspecified atom stereocenters. The van der Waals surface area contributed by atoms with Crippen LogP contribution in [0.5, 0.6) is 0 Å². The van der Waals surface area contributed by atoms with Crippen molar-refractivity contribution in [3.05, 3.63) is 35.9 Å². The van der Waals surface area contributed by atoms with Gasteiger partial charge in [-0.25, -0.2) is 4.79 Å². The minimum Gasteiger partial charge on any atom is -0.387 e. The number of nitrogens with one attached hydrogen (secondary N) is 1. The van der Waals surface area contributed by atoms with Crippen molar-refractivity contribution >= 4 is 11.9 Å². The molecule has 1 heterocycles. The van der Waals surface area contributed by atoms with E-state index in [2.05, 4.69) is 19.2 Å². The Morgan fingerprint density at radius 1 is 1.21 bits per heavy atom. The molecule has 130 valence electrons. The van der Waals surface area contributed by atoms with Gasteiger partial charge in [-0.3, -0.25) is 9.69 Å². The maximum atomic E-state index is 12.9. The Labute approximate surface area is 143 Å². The third-order valence-corrected chi connectivity index (χ3v) is 5.61. The van der Waals surface area contributed by atoms with Crippen molar-refractivity contribution in [1.82, 2.24) is 10.2 Å². The molecular weight excluding hydrogens is 304 g/mol. The SMILES string of the molecule is CC(C)C1CCC2(CC1)NC(=O)N(CC(O)c1ccccc1)C2=O. The molecule has 5 heteroatoms. The summed E-state index contributed by atoms with van der Waals surface area (Å²) in [7, 11) is 0. The van der Waals surface area contributed by atoms with Crippen molar-refractivity contribution in [3.8, 4) is 0 Å². The van der Waals surface area contributed by atoms with E-state index in [-0.39, 0.29) is 18.5 Å². The van der Waals surface area contributed by atoms with E-state index in [1.807, 2.05) is 18.2 Å². The first kappa shape index (κ1) is 17.0. The average Bonchev–Trinajstić information content (AvgIpc) is 2.80. The number of nitrogens with zero attached hydrogens (tertiary/aromatic N) is 1. The summed E-state index contributed by atoms with van der Waals surface area (Å²) >= 11 is 0. The molecule has 2 fully saturated rings. The fourth-order valence-corrected chi connectivity index (χ4v) is 3.93. The van der Waals surface area contributed by atoms with Crippen LogP contribution in [0.4, 0.5) is 4.79 Å². The molecule has 24 heavy (non-hydrogen) atoms. The monoisotopic (exact) mass is 330 g/mol. The van der Waals surface area contributed by atoms with Gasteiger partial charge in [0, 0.05) is 0 Å². The van der Waals surface area contributed by atoms with Crippen LogP contribution in [-0.4, -0.2) is 34.0 Å². The number of carbonyl (C=O) groups is 2. The smallest absolute Gasteiger partial charge is 0.325 e. The quantitative estimate of drug-likeness (QED) is 0.834. The zero-order valence-electron chi connectivity index (χ0n) is 14.4. The number of carbonyl (C=O) groups excluding carboxylic acids is 2. The van der Waals surface area contributed by atoms with Gasteiger partial charge in [0.15, 0.2) is 0 Å². The third kappa shape index (κ3) is 3.05. The van der Waals surface area contributed by atoms with Crippen LogP contribution < -0.4 is 5.32 Å². The highest BCUT2D eigenvalue weighted by Crippen LogP contribution is 2.39. The highest BCUT2D eigenvalue weighted by atomic mass is 16.3. The van der Waals surface area contributed by atoms with Crippen LogP contribution in [0, 0.1) is 11.8 Å². The van der Waals surface area contributed by atoms with Gasteiger partial charge >= 0.3 is 6.03 Å². The second kappa shape index (κ2) is 6.55. The number of aliphatic hydroxyl groups excluding tert-OH is 1. The number of aliphatic hydroxyl groups is 1. The first-order chi connectivity index (χ1) is 11.4. The molecule has 1 aromatic carbocycles. The summed E-state index contributed by atoms with van der Waals surface area (Å²) in [6.07, 6.45) is 2.44. The van der Waals surface area contributed by atoms with Crippen LogP contribution >= 0.6 is 0 Å². The molecule has 3 amide bonds. The second-order valence-electron chi connectivity index (χ2n) is 7.44. The van der Waals surface area contributed by atoms with Crippen LogP contribution in [0.15, 0.2) is 30.3 Å². The van der Waals surface area contributed by atoms with Gasteiger partial charge in [-0.1, -0.05) is 44.2 Å². The van der Waals surface area contributed by atoms with E-state index < -0.39 is 11.6 Å². The standard InChI is InChI=1S/C19H26N2O3/c1-13(2)14-8-10-19(11-9-14)17(23)21(18(24)20-19)12-16(22)15-6-4-3-5-7-15/h3-7,13-14,16,22H,8-12H2,1-2H3,(H,20,24). The summed E-state index contributed by atoms with van der Waals surface area (Å²) in [5.41, 5.74) is -0.0404. The number of imide groups is 1. The molecule has 1 atom stereocenters. The summed E-state index contributed by atoms with van der Waals surface area (Å²) < 4.78 is 0. The topological polar surface area (TPSA) is 69.6 Å². The molecule has 0 aromatic heterocycles.